The molecule has 0 saturated carbocycles. The van der Waals surface area contributed by atoms with Crippen molar-refractivity contribution in [1.29, 1.82) is 0 Å². The van der Waals surface area contributed by atoms with Gasteiger partial charge in [0.25, 0.3) is 11.8 Å². The lowest BCUT2D eigenvalue weighted by atomic mass is 9.98. The molecule has 0 aliphatic heterocycles. The second-order valence-corrected chi connectivity index (χ2v) is 9.23. The molecule has 0 bridgehead atoms. The maximum Gasteiger partial charge on any atom is 0.269 e. The summed E-state index contributed by atoms with van der Waals surface area (Å²) in [6, 6.07) is 15.7. The van der Waals surface area contributed by atoms with Gasteiger partial charge in [0.1, 0.15) is 11.4 Å². The largest absolute Gasteiger partial charge is 0.395 e. The van der Waals surface area contributed by atoms with Crippen LogP contribution in [0.4, 0.5) is 10.1 Å². The number of pyridine rings is 3. The molecule has 1 aromatic carbocycles. The molecule has 194 valence electrons. The van der Waals surface area contributed by atoms with Crippen molar-refractivity contribution >= 4 is 17.5 Å². The highest BCUT2D eigenvalue weighted by molar-refractivity contribution is 6.04. The van der Waals surface area contributed by atoms with Crippen molar-refractivity contribution in [2.24, 2.45) is 0 Å². The highest BCUT2D eigenvalue weighted by atomic mass is 19.1. The molecule has 0 atom stereocenters. The number of alkyl halides is 1. The van der Waals surface area contributed by atoms with E-state index in [1.54, 1.807) is 30.5 Å². The van der Waals surface area contributed by atoms with Crippen LogP contribution in [0.3, 0.4) is 0 Å². The fourth-order valence-corrected chi connectivity index (χ4v) is 3.84. The Hall–Kier alpha value is -4.50. The molecule has 4 rings (SSSR count). The molecule has 8 nitrogen and oxygen atoms in total. The first-order valence-corrected chi connectivity index (χ1v) is 12.0. The number of nitrogens with zero attached hydrogens (tertiary/aromatic N) is 3. The lowest BCUT2D eigenvalue weighted by molar-refractivity contribution is 0.0939. The quantitative estimate of drug-likeness (QED) is 0.315. The summed E-state index contributed by atoms with van der Waals surface area (Å²) in [5.74, 6) is -0.750. The fourth-order valence-electron chi connectivity index (χ4n) is 3.84. The number of carbonyl (C=O) groups excluding carboxylic acids is 2. The molecule has 3 heterocycles. The summed E-state index contributed by atoms with van der Waals surface area (Å²) in [5.41, 5.74) is 3.75. The van der Waals surface area contributed by atoms with Crippen molar-refractivity contribution in [2.45, 2.75) is 26.4 Å². The van der Waals surface area contributed by atoms with Gasteiger partial charge in [0.15, 0.2) is 0 Å². The molecule has 0 spiro atoms. The number of hydrogen-bond donors (Lipinski definition) is 3. The number of aromatic nitrogens is 3. The van der Waals surface area contributed by atoms with Gasteiger partial charge >= 0.3 is 0 Å². The third-order valence-electron chi connectivity index (χ3n) is 5.88. The van der Waals surface area contributed by atoms with E-state index < -0.39 is 5.67 Å². The van der Waals surface area contributed by atoms with E-state index in [1.807, 2.05) is 31.2 Å². The maximum absolute atomic E-state index is 14.3. The SMILES string of the molecule is Cc1ccc(NC(=O)c2ccnc(C(C)(C)F)c2)cc1-c1ccnc(-c2ccnc(C(=O)NCCO)c2)c1. The molecule has 2 amide bonds. The third-order valence-corrected chi connectivity index (χ3v) is 5.88. The zero-order chi connectivity index (χ0) is 27.3. The van der Waals surface area contributed by atoms with Crippen molar-refractivity contribution in [1.82, 2.24) is 20.3 Å². The Kier molecular flexibility index (Phi) is 7.87. The van der Waals surface area contributed by atoms with Gasteiger partial charge in [-0.15, -0.1) is 0 Å². The zero-order valence-electron chi connectivity index (χ0n) is 21.3. The van der Waals surface area contributed by atoms with Crippen molar-refractivity contribution in [2.75, 3.05) is 18.5 Å². The molecule has 3 N–H and O–H groups in total. The monoisotopic (exact) mass is 513 g/mol. The van der Waals surface area contributed by atoms with Crippen LogP contribution in [0.15, 0.2) is 73.2 Å². The number of carbonyl (C=O) groups is 2. The van der Waals surface area contributed by atoms with E-state index in [4.69, 9.17) is 5.11 Å². The first kappa shape index (κ1) is 26.6. The molecular formula is C29H28FN5O3. The standard InChI is InChI=1S/C29H28FN5O3/c1-18-4-5-22(35-27(37)21-8-11-33-26(16-21)29(2,3)30)17-23(18)19-6-9-31-24(14-19)20-7-10-32-25(15-20)28(38)34-12-13-36/h4-11,14-17,36H,12-13H2,1-3H3,(H,34,38)(H,35,37). The molecular weight excluding hydrogens is 485 g/mol. The van der Waals surface area contributed by atoms with Crippen molar-refractivity contribution in [3.8, 4) is 22.4 Å². The molecule has 0 aliphatic carbocycles. The second kappa shape index (κ2) is 11.3. The van der Waals surface area contributed by atoms with Gasteiger partial charge in [-0.1, -0.05) is 6.07 Å². The predicted octanol–water partition coefficient (Wildman–Crippen LogP) is 4.69. The Balaban J connectivity index is 1.60. The third kappa shape index (κ3) is 6.24. The molecule has 0 fully saturated rings. The summed E-state index contributed by atoms with van der Waals surface area (Å²) in [7, 11) is 0. The number of halogens is 1. The van der Waals surface area contributed by atoms with E-state index >= 15 is 0 Å². The minimum atomic E-state index is -1.66. The molecule has 9 heteroatoms. The number of aliphatic hydroxyl groups excluding tert-OH is 1. The molecule has 0 saturated heterocycles. The van der Waals surface area contributed by atoms with Crippen LogP contribution < -0.4 is 10.6 Å². The molecule has 0 aliphatic rings. The van der Waals surface area contributed by atoms with E-state index in [1.165, 1.54) is 32.3 Å². The van der Waals surface area contributed by atoms with Crippen LogP contribution in [0, 0.1) is 6.92 Å². The van der Waals surface area contributed by atoms with E-state index in [9.17, 15) is 14.0 Å². The summed E-state index contributed by atoms with van der Waals surface area (Å²) in [4.78, 5) is 37.7. The average molecular weight is 514 g/mol. The van der Waals surface area contributed by atoms with E-state index in [0.717, 1.165) is 16.7 Å². The predicted molar refractivity (Wildman–Crippen MR) is 143 cm³/mol. The number of aryl methyl sites for hydroxylation is 1. The highest BCUT2D eigenvalue weighted by Gasteiger charge is 2.22. The van der Waals surface area contributed by atoms with Gasteiger partial charge in [-0.2, -0.15) is 0 Å². The Bertz CT molecular complexity index is 1480. The van der Waals surface area contributed by atoms with Crippen molar-refractivity contribution in [3.05, 3.63) is 95.7 Å². The Morgan fingerprint density at radius 2 is 1.63 bits per heavy atom. The number of nitrogens with one attached hydrogen (secondary N) is 2. The highest BCUT2D eigenvalue weighted by Crippen LogP contribution is 2.30. The van der Waals surface area contributed by atoms with Crippen LogP contribution in [-0.4, -0.2) is 45.0 Å². The molecule has 4 aromatic rings. The Labute approximate surface area is 220 Å². The number of rotatable bonds is 8. The van der Waals surface area contributed by atoms with Gasteiger partial charge < -0.3 is 15.7 Å². The van der Waals surface area contributed by atoms with Crippen molar-refractivity contribution in [3.63, 3.8) is 0 Å². The summed E-state index contributed by atoms with van der Waals surface area (Å²) in [6.45, 7) is 4.74. The lowest BCUT2D eigenvalue weighted by Gasteiger charge is -2.15. The normalized spacial score (nSPS) is 11.2. The number of anilines is 1. The summed E-state index contributed by atoms with van der Waals surface area (Å²) < 4.78 is 14.3. The van der Waals surface area contributed by atoms with E-state index in [-0.39, 0.29) is 36.4 Å². The molecule has 3 aromatic heterocycles. The smallest absolute Gasteiger partial charge is 0.269 e. The topological polar surface area (TPSA) is 117 Å². The van der Waals surface area contributed by atoms with Crippen LogP contribution in [0.25, 0.3) is 22.4 Å². The van der Waals surface area contributed by atoms with Crippen LogP contribution in [0.5, 0.6) is 0 Å². The van der Waals surface area contributed by atoms with E-state index in [2.05, 4.69) is 25.6 Å². The maximum atomic E-state index is 14.3. The van der Waals surface area contributed by atoms with Gasteiger partial charge in [0.2, 0.25) is 0 Å². The minimum absolute atomic E-state index is 0.140. The first-order chi connectivity index (χ1) is 18.2. The minimum Gasteiger partial charge on any atom is -0.395 e. The van der Waals surface area contributed by atoms with Crippen LogP contribution >= 0.6 is 0 Å². The summed E-state index contributed by atoms with van der Waals surface area (Å²) in [6.07, 6.45) is 4.64. The molecule has 0 radical (unpaired) electrons. The zero-order valence-corrected chi connectivity index (χ0v) is 21.3. The Morgan fingerprint density at radius 3 is 2.39 bits per heavy atom. The van der Waals surface area contributed by atoms with Crippen LogP contribution in [-0.2, 0) is 5.67 Å². The fraction of sp³-hybridized carbons (Fsp3) is 0.207. The lowest BCUT2D eigenvalue weighted by Crippen LogP contribution is -2.27. The van der Waals surface area contributed by atoms with Crippen LogP contribution in [0.2, 0.25) is 0 Å². The Morgan fingerprint density at radius 1 is 0.895 bits per heavy atom. The second-order valence-electron chi connectivity index (χ2n) is 9.23. The number of aliphatic hydroxyl groups is 1. The van der Waals surface area contributed by atoms with Gasteiger partial charge in [-0.25, -0.2) is 4.39 Å². The van der Waals surface area contributed by atoms with Crippen LogP contribution in [0.1, 0.15) is 46.0 Å². The van der Waals surface area contributed by atoms with Gasteiger partial charge in [-0.05, 0) is 86.0 Å². The van der Waals surface area contributed by atoms with Gasteiger partial charge in [0, 0.05) is 41.9 Å². The number of hydrogen-bond acceptors (Lipinski definition) is 6. The number of benzene rings is 1. The number of amides is 2. The first-order valence-electron chi connectivity index (χ1n) is 12.0. The molecule has 38 heavy (non-hydrogen) atoms. The van der Waals surface area contributed by atoms with Gasteiger partial charge in [0.05, 0.1) is 18.0 Å². The van der Waals surface area contributed by atoms with Gasteiger partial charge in [-0.3, -0.25) is 24.5 Å². The van der Waals surface area contributed by atoms with Crippen molar-refractivity contribution < 1.29 is 19.1 Å². The molecule has 0 unspecified atom stereocenters. The summed E-state index contributed by atoms with van der Waals surface area (Å²) >= 11 is 0. The summed E-state index contributed by atoms with van der Waals surface area (Å²) in [5, 5.41) is 14.4. The van der Waals surface area contributed by atoms with E-state index in [0.29, 0.717) is 22.5 Å². The average Bonchev–Trinajstić information content (AvgIpc) is 2.92.